The predicted molar refractivity (Wildman–Crippen MR) is 81.8 cm³/mol. The Morgan fingerprint density at radius 1 is 1.29 bits per heavy atom. The summed E-state index contributed by atoms with van der Waals surface area (Å²) in [5, 5.41) is 12.0. The molecule has 1 aromatic carbocycles. The topological polar surface area (TPSA) is 118 Å². The van der Waals surface area contributed by atoms with Crippen LogP contribution in [0.15, 0.2) is 24.3 Å². The van der Waals surface area contributed by atoms with Crippen molar-refractivity contribution in [1.82, 2.24) is 0 Å². The highest BCUT2D eigenvalue weighted by Crippen LogP contribution is 2.23. The van der Waals surface area contributed by atoms with Gasteiger partial charge < -0.3 is 21.9 Å². The first kappa shape index (κ1) is 17.0. The van der Waals surface area contributed by atoms with Crippen molar-refractivity contribution in [3.8, 4) is 0 Å². The van der Waals surface area contributed by atoms with Crippen molar-refractivity contribution >= 4 is 17.6 Å². The lowest BCUT2D eigenvalue weighted by Crippen LogP contribution is -2.34. The first-order valence-corrected chi connectivity index (χ1v) is 6.81. The van der Waals surface area contributed by atoms with E-state index in [-0.39, 0.29) is 12.6 Å². The number of nitrogens with one attached hydrogen (secondary N) is 1. The normalized spacial score (nSPS) is 12.7. The zero-order chi connectivity index (χ0) is 16.0. The SMILES string of the molecule is CC(C)(C[C@H](N)Cc1ccc(NCC(N)=O)cc1)C(=O)O. The number of benzene rings is 1. The van der Waals surface area contributed by atoms with Crippen molar-refractivity contribution in [2.24, 2.45) is 16.9 Å². The summed E-state index contributed by atoms with van der Waals surface area (Å²) < 4.78 is 0. The number of nitrogens with two attached hydrogens (primary N) is 2. The number of hydrogen-bond donors (Lipinski definition) is 4. The summed E-state index contributed by atoms with van der Waals surface area (Å²) in [5.74, 6) is -1.26. The molecule has 1 aromatic rings. The van der Waals surface area contributed by atoms with Crippen LogP contribution in [0, 0.1) is 5.41 Å². The molecule has 0 aliphatic heterocycles. The smallest absolute Gasteiger partial charge is 0.309 e. The standard InChI is InChI=1S/C15H23N3O3/c1-15(2,14(20)21)8-11(16)7-10-3-5-12(6-4-10)18-9-13(17)19/h3-6,11,18H,7-9,16H2,1-2H3,(H2,17,19)(H,20,21)/t11-/m1/s1. The minimum atomic E-state index is -0.844. The Morgan fingerprint density at radius 2 is 1.86 bits per heavy atom. The van der Waals surface area contributed by atoms with E-state index in [4.69, 9.17) is 16.6 Å². The van der Waals surface area contributed by atoms with Crippen molar-refractivity contribution < 1.29 is 14.7 Å². The number of rotatable bonds is 8. The van der Waals surface area contributed by atoms with Crippen LogP contribution in [0.5, 0.6) is 0 Å². The molecule has 1 rings (SSSR count). The zero-order valence-electron chi connectivity index (χ0n) is 12.4. The van der Waals surface area contributed by atoms with Gasteiger partial charge in [-0.05, 0) is 44.4 Å². The Morgan fingerprint density at radius 3 is 2.33 bits per heavy atom. The van der Waals surface area contributed by atoms with Gasteiger partial charge in [-0.15, -0.1) is 0 Å². The molecule has 6 nitrogen and oxygen atoms in total. The van der Waals surface area contributed by atoms with Gasteiger partial charge in [-0.1, -0.05) is 12.1 Å². The fraction of sp³-hybridized carbons (Fsp3) is 0.467. The van der Waals surface area contributed by atoms with Crippen LogP contribution < -0.4 is 16.8 Å². The first-order chi connectivity index (χ1) is 9.70. The van der Waals surface area contributed by atoms with Crippen molar-refractivity contribution in [2.75, 3.05) is 11.9 Å². The molecule has 0 aliphatic carbocycles. The second kappa shape index (κ2) is 7.08. The number of aliphatic carboxylic acids is 1. The Labute approximate surface area is 124 Å². The van der Waals surface area contributed by atoms with Gasteiger partial charge in [0, 0.05) is 11.7 Å². The van der Waals surface area contributed by atoms with Crippen LogP contribution in [0.2, 0.25) is 0 Å². The second-order valence-electron chi connectivity index (χ2n) is 5.87. The van der Waals surface area contributed by atoms with Crippen LogP contribution in [0.1, 0.15) is 25.8 Å². The minimum Gasteiger partial charge on any atom is -0.481 e. The van der Waals surface area contributed by atoms with Crippen LogP contribution in [0.3, 0.4) is 0 Å². The lowest BCUT2D eigenvalue weighted by molar-refractivity contribution is -0.147. The molecule has 0 unspecified atom stereocenters. The van der Waals surface area contributed by atoms with Crippen LogP contribution in [-0.2, 0) is 16.0 Å². The molecule has 1 atom stereocenters. The summed E-state index contributed by atoms with van der Waals surface area (Å²) in [6, 6.07) is 7.26. The molecule has 1 amide bonds. The van der Waals surface area contributed by atoms with E-state index in [1.807, 2.05) is 24.3 Å². The fourth-order valence-electron chi connectivity index (χ4n) is 2.07. The highest BCUT2D eigenvalue weighted by atomic mass is 16.4. The molecule has 0 aromatic heterocycles. The van der Waals surface area contributed by atoms with Gasteiger partial charge in [0.05, 0.1) is 12.0 Å². The van der Waals surface area contributed by atoms with E-state index in [2.05, 4.69) is 5.32 Å². The summed E-state index contributed by atoms with van der Waals surface area (Å²) in [5.41, 5.74) is 12.1. The average Bonchev–Trinajstić information content (AvgIpc) is 2.36. The number of carboxylic acids is 1. The molecular weight excluding hydrogens is 270 g/mol. The molecule has 0 aliphatic rings. The predicted octanol–water partition coefficient (Wildman–Crippen LogP) is 0.955. The average molecular weight is 293 g/mol. The molecule has 0 radical (unpaired) electrons. The van der Waals surface area contributed by atoms with Crippen LogP contribution in [0.4, 0.5) is 5.69 Å². The summed E-state index contributed by atoms with van der Waals surface area (Å²) in [6.07, 6.45) is 1.01. The third-order valence-electron chi connectivity index (χ3n) is 3.27. The van der Waals surface area contributed by atoms with Gasteiger partial charge >= 0.3 is 5.97 Å². The Kier molecular flexibility index (Phi) is 5.72. The largest absolute Gasteiger partial charge is 0.481 e. The fourth-order valence-corrected chi connectivity index (χ4v) is 2.07. The Hall–Kier alpha value is -2.08. The van der Waals surface area contributed by atoms with Gasteiger partial charge in [-0.25, -0.2) is 0 Å². The molecule has 0 bridgehead atoms. The van der Waals surface area contributed by atoms with E-state index < -0.39 is 17.3 Å². The molecule has 0 fully saturated rings. The summed E-state index contributed by atoms with van der Waals surface area (Å²) in [7, 11) is 0. The Balaban J connectivity index is 2.55. The van der Waals surface area contributed by atoms with E-state index in [1.54, 1.807) is 13.8 Å². The van der Waals surface area contributed by atoms with Gasteiger partial charge in [-0.2, -0.15) is 0 Å². The third kappa shape index (κ3) is 5.83. The van der Waals surface area contributed by atoms with Gasteiger partial charge in [0.25, 0.3) is 0 Å². The highest BCUT2D eigenvalue weighted by Gasteiger charge is 2.29. The van der Waals surface area contributed by atoms with Crippen LogP contribution in [0.25, 0.3) is 0 Å². The first-order valence-electron chi connectivity index (χ1n) is 6.81. The number of amides is 1. The van der Waals surface area contributed by atoms with Crippen LogP contribution >= 0.6 is 0 Å². The molecule has 0 spiro atoms. The van der Waals surface area contributed by atoms with E-state index in [0.717, 1.165) is 11.3 Å². The number of carbonyl (C=O) groups excluding carboxylic acids is 1. The molecule has 21 heavy (non-hydrogen) atoms. The maximum atomic E-state index is 11.1. The van der Waals surface area contributed by atoms with Crippen molar-refractivity contribution in [1.29, 1.82) is 0 Å². The summed E-state index contributed by atoms with van der Waals surface area (Å²) in [4.78, 5) is 21.7. The molecule has 6 N–H and O–H groups in total. The maximum Gasteiger partial charge on any atom is 0.309 e. The molecular formula is C15H23N3O3. The minimum absolute atomic E-state index is 0.0889. The van der Waals surface area contributed by atoms with E-state index in [0.29, 0.717) is 12.8 Å². The molecule has 116 valence electrons. The monoisotopic (exact) mass is 293 g/mol. The number of carboxylic acid groups (broad SMARTS) is 1. The van der Waals surface area contributed by atoms with Gasteiger partial charge in [0.1, 0.15) is 0 Å². The number of primary amides is 1. The van der Waals surface area contributed by atoms with Crippen molar-refractivity contribution in [3.63, 3.8) is 0 Å². The van der Waals surface area contributed by atoms with Gasteiger partial charge in [-0.3, -0.25) is 9.59 Å². The van der Waals surface area contributed by atoms with Gasteiger partial charge in [0.15, 0.2) is 0 Å². The second-order valence-corrected chi connectivity index (χ2v) is 5.87. The van der Waals surface area contributed by atoms with E-state index >= 15 is 0 Å². The van der Waals surface area contributed by atoms with E-state index in [1.165, 1.54) is 0 Å². The highest BCUT2D eigenvalue weighted by molar-refractivity contribution is 5.78. The molecule has 0 saturated heterocycles. The zero-order valence-corrected chi connectivity index (χ0v) is 12.4. The van der Waals surface area contributed by atoms with E-state index in [9.17, 15) is 9.59 Å². The third-order valence-corrected chi connectivity index (χ3v) is 3.27. The number of carbonyl (C=O) groups is 2. The van der Waals surface area contributed by atoms with Gasteiger partial charge in [0.2, 0.25) is 5.91 Å². The quantitative estimate of drug-likeness (QED) is 0.569. The lowest BCUT2D eigenvalue weighted by atomic mass is 9.84. The Bertz CT molecular complexity index is 497. The van der Waals surface area contributed by atoms with Crippen molar-refractivity contribution in [2.45, 2.75) is 32.7 Å². The number of hydrogen-bond acceptors (Lipinski definition) is 4. The molecule has 6 heteroatoms. The summed E-state index contributed by atoms with van der Waals surface area (Å²) >= 11 is 0. The molecule has 0 saturated carbocycles. The molecule has 0 heterocycles. The number of anilines is 1. The summed E-state index contributed by atoms with van der Waals surface area (Å²) in [6.45, 7) is 3.43. The maximum absolute atomic E-state index is 11.1. The van der Waals surface area contributed by atoms with Crippen LogP contribution in [-0.4, -0.2) is 29.6 Å². The van der Waals surface area contributed by atoms with Crippen molar-refractivity contribution in [3.05, 3.63) is 29.8 Å². The lowest BCUT2D eigenvalue weighted by Gasteiger charge is -2.23.